The van der Waals surface area contributed by atoms with E-state index in [0.29, 0.717) is 34.8 Å². The largest absolute Gasteiger partial charge is 0.495 e. The van der Waals surface area contributed by atoms with Crippen molar-refractivity contribution in [3.8, 4) is 17.1 Å². The highest BCUT2D eigenvalue weighted by Gasteiger charge is 2.27. The first-order chi connectivity index (χ1) is 11.5. The van der Waals surface area contributed by atoms with E-state index in [1.54, 1.807) is 25.3 Å². The van der Waals surface area contributed by atoms with Crippen LogP contribution in [0.1, 0.15) is 30.8 Å². The van der Waals surface area contributed by atoms with E-state index in [4.69, 9.17) is 14.9 Å². The van der Waals surface area contributed by atoms with Crippen molar-refractivity contribution >= 4 is 11.6 Å². The first-order valence-corrected chi connectivity index (χ1v) is 8.31. The van der Waals surface area contributed by atoms with Gasteiger partial charge in [-0.3, -0.25) is 4.79 Å². The molecule has 1 fully saturated rings. The fraction of sp³-hybridized carbons (Fsp3) is 0.421. The number of piperidine rings is 1. The van der Waals surface area contributed by atoms with Gasteiger partial charge in [0, 0.05) is 18.7 Å². The summed E-state index contributed by atoms with van der Waals surface area (Å²) in [5.41, 5.74) is 7.31. The Morgan fingerprint density at radius 3 is 2.54 bits per heavy atom. The first-order valence-electron chi connectivity index (χ1n) is 8.31. The summed E-state index contributed by atoms with van der Waals surface area (Å²) in [6.07, 6.45) is 1.16. The Morgan fingerprint density at radius 2 is 1.92 bits per heavy atom. The number of anilines is 1. The van der Waals surface area contributed by atoms with Gasteiger partial charge >= 0.3 is 0 Å². The van der Waals surface area contributed by atoms with Gasteiger partial charge in [-0.2, -0.15) is 0 Å². The van der Waals surface area contributed by atoms with Crippen LogP contribution in [0.5, 0.6) is 5.75 Å². The highest BCUT2D eigenvalue weighted by Crippen LogP contribution is 2.30. The quantitative estimate of drug-likeness (QED) is 0.873. The predicted octanol–water partition coefficient (Wildman–Crippen LogP) is 3.66. The summed E-state index contributed by atoms with van der Waals surface area (Å²) in [6, 6.07) is 9.00. The normalized spacial score (nSPS) is 20.9. The molecule has 1 aromatic carbocycles. The van der Waals surface area contributed by atoms with Crippen LogP contribution >= 0.6 is 0 Å². The maximum Gasteiger partial charge on any atom is 0.289 e. The molecule has 0 saturated carbocycles. The summed E-state index contributed by atoms with van der Waals surface area (Å²) < 4.78 is 11.0. The molecular formula is C19H24N2O3. The van der Waals surface area contributed by atoms with Crippen molar-refractivity contribution in [1.82, 2.24) is 4.90 Å². The summed E-state index contributed by atoms with van der Waals surface area (Å²) in [5, 5.41) is 0. The zero-order valence-corrected chi connectivity index (χ0v) is 14.4. The first kappa shape index (κ1) is 16.4. The standard InChI is InChI=1S/C19H24N2O3/c1-12-8-13(2)11-21(10-12)19(22)18-7-6-16(24-18)14-4-5-17(23-3)15(20)9-14/h4-7,9,12-13H,8,10-11,20H2,1-3H3. The number of furan rings is 1. The minimum Gasteiger partial charge on any atom is -0.495 e. The Kier molecular flexibility index (Phi) is 4.51. The SMILES string of the molecule is COc1ccc(-c2ccc(C(=O)N3CC(C)CC(C)C3)o2)cc1N. The van der Waals surface area contributed by atoms with Gasteiger partial charge in [0.15, 0.2) is 5.76 Å². The van der Waals surface area contributed by atoms with Crippen LogP contribution < -0.4 is 10.5 Å². The lowest BCUT2D eigenvalue weighted by Crippen LogP contribution is -2.42. The van der Waals surface area contributed by atoms with Gasteiger partial charge < -0.3 is 19.8 Å². The maximum atomic E-state index is 12.7. The topological polar surface area (TPSA) is 68.7 Å². The third kappa shape index (κ3) is 3.25. The van der Waals surface area contributed by atoms with Gasteiger partial charge in [-0.15, -0.1) is 0 Å². The average Bonchev–Trinajstić information content (AvgIpc) is 3.03. The third-order valence-corrected chi connectivity index (χ3v) is 4.49. The number of benzene rings is 1. The molecule has 0 aliphatic carbocycles. The van der Waals surface area contributed by atoms with Gasteiger partial charge in [0.1, 0.15) is 11.5 Å². The molecule has 2 atom stereocenters. The molecule has 0 spiro atoms. The molecule has 128 valence electrons. The Balaban J connectivity index is 1.80. The van der Waals surface area contributed by atoms with Crippen molar-refractivity contribution in [2.75, 3.05) is 25.9 Å². The maximum absolute atomic E-state index is 12.7. The molecule has 1 saturated heterocycles. The number of ether oxygens (including phenoxy) is 1. The molecule has 5 nitrogen and oxygen atoms in total. The van der Waals surface area contributed by atoms with Crippen LogP contribution in [-0.4, -0.2) is 31.0 Å². The van der Waals surface area contributed by atoms with Gasteiger partial charge in [-0.25, -0.2) is 0 Å². The molecule has 24 heavy (non-hydrogen) atoms. The number of hydrogen-bond donors (Lipinski definition) is 1. The monoisotopic (exact) mass is 328 g/mol. The van der Waals surface area contributed by atoms with Crippen LogP contribution in [0.4, 0.5) is 5.69 Å². The van der Waals surface area contributed by atoms with Crippen LogP contribution in [-0.2, 0) is 0 Å². The molecule has 1 amide bonds. The van der Waals surface area contributed by atoms with E-state index in [9.17, 15) is 4.79 Å². The Labute approximate surface area is 142 Å². The van der Waals surface area contributed by atoms with E-state index in [0.717, 1.165) is 25.1 Å². The average molecular weight is 328 g/mol. The summed E-state index contributed by atoms with van der Waals surface area (Å²) >= 11 is 0. The molecule has 3 rings (SSSR count). The number of hydrogen-bond acceptors (Lipinski definition) is 4. The molecule has 0 radical (unpaired) electrons. The van der Waals surface area contributed by atoms with Crippen LogP contribution in [0.15, 0.2) is 34.7 Å². The van der Waals surface area contributed by atoms with Crippen molar-refractivity contribution in [2.24, 2.45) is 11.8 Å². The van der Waals surface area contributed by atoms with Crippen LogP contribution in [0, 0.1) is 11.8 Å². The molecule has 1 aromatic heterocycles. The van der Waals surface area contributed by atoms with Gasteiger partial charge in [0.05, 0.1) is 12.8 Å². The molecule has 0 bridgehead atoms. The lowest BCUT2D eigenvalue weighted by Gasteiger charge is -2.34. The number of likely N-dealkylation sites (tertiary alicyclic amines) is 1. The molecule has 2 heterocycles. The third-order valence-electron chi connectivity index (χ3n) is 4.49. The molecular weight excluding hydrogens is 304 g/mol. The van der Waals surface area contributed by atoms with Crippen molar-refractivity contribution in [3.05, 3.63) is 36.1 Å². The number of carbonyl (C=O) groups excluding carboxylic acids is 1. The van der Waals surface area contributed by atoms with Crippen molar-refractivity contribution in [2.45, 2.75) is 20.3 Å². The molecule has 1 aliphatic heterocycles. The second-order valence-corrected chi connectivity index (χ2v) is 6.78. The summed E-state index contributed by atoms with van der Waals surface area (Å²) in [4.78, 5) is 14.6. The number of nitrogens with zero attached hydrogens (tertiary/aromatic N) is 1. The Bertz CT molecular complexity index is 728. The van der Waals surface area contributed by atoms with Crippen LogP contribution in [0.3, 0.4) is 0 Å². The minimum absolute atomic E-state index is 0.0406. The van der Waals surface area contributed by atoms with E-state index in [1.165, 1.54) is 0 Å². The number of carbonyl (C=O) groups is 1. The van der Waals surface area contributed by atoms with Gasteiger partial charge in [-0.1, -0.05) is 13.8 Å². The molecule has 2 N–H and O–H groups in total. The number of nitrogen functional groups attached to an aromatic ring is 1. The molecule has 2 aromatic rings. The van der Waals surface area contributed by atoms with Crippen LogP contribution in [0.2, 0.25) is 0 Å². The number of nitrogens with two attached hydrogens (primary N) is 1. The zero-order valence-electron chi connectivity index (χ0n) is 14.4. The summed E-state index contributed by atoms with van der Waals surface area (Å²) in [5.74, 6) is 2.63. The minimum atomic E-state index is -0.0406. The second kappa shape index (κ2) is 6.59. The number of amides is 1. The van der Waals surface area contributed by atoms with Crippen molar-refractivity contribution in [3.63, 3.8) is 0 Å². The van der Waals surface area contributed by atoms with E-state index in [1.807, 2.05) is 17.0 Å². The fourth-order valence-corrected chi connectivity index (χ4v) is 3.48. The van der Waals surface area contributed by atoms with Gasteiger partial charge in [-0.05, 0) is 48.6 Å². The fourth-order valence-electron chi connectivity index (χ4n) is 3.48. The summed E-state index contributed by atoms with van der Waals surface area (Å²) in [6.45, 7) is 5.94. The van der Waals surface area contributed by atoms with Gasteiger partial charge in [0.25, 0.3) is 5.91 Å². The highest BCUT2D eigenvalue weighted by molar-refractivity contribution is 5.92. The van der Waals surface area contributed by atoms with E-state index >= 15 is 0 Å². The number of rotatable bonds is 3. The lowest BCUT2D eigenvalue weighted by atomic mass is 9.92. The summed E-state index contributed by atoms with van der Waals surface area (Å²) in [7, 11) is 1.58. The lowest BCUT2D eigenvalue weighted by molar-refractivity contribution is 0.0592. The van der Waals surface area contributed by atoms with Gasteiger partial charge in [0.2, 0.25) is 0 Å². The van der Waals surface area contributed by atoms with Crippen molar-refractivity contribution < 1.29 is 13.9 Å². The zero-order chi connectivity index (χ0) is 17.3. The van der Waals surface area contributed by atoms with Crippen LogP contribution in [0.25, 0.3) is 11.3 Å². The molecule has 2 unspecified atom stereocenters. The second-order valence-electron chi connectivity index (χ2n) is 6.78. The Morgan fingerprint density at radius 1 is 1.21 bits per heavy atom. The molecule has 1 aliphatic rings. The Hall–Kier alpha value is -2.43. The van der Waals surface area contributed by atoms with E-state index in [-0.39, 0.29) is 5.91 Å². The van der Waals surface area contributed by atoms with Crippen molar-refractivity contribution in [1.29, 1.82) is 0 Å². The smallest absolute Gasteiger partial charge is 0.289 e. The number of methoxy groups -OCH3 is 1. The molecule has 5 heteroatoms. The predicted molar refractivity (Wildman–Crippen MR) is 94.0 cm³/mol. The van der Waals surface area contributed by atoms with E-state index < -0.39 is 0 Å². The highest BCUT2D eigenvalue weighted by atomic mass is 16.5. The van der Waals surface area contributed by atoms with E-state index in [2.05, 4.69) is 13.8 Å².